The van der Waals surface area contributed by atoms with Gasteiger partial charge in [-0.05, 0) is 74.6 Å². The van der Waals surface area contributed by atoms with E-state index in [2.05, 4.69) is 32.9 Å². The summed E-state index contributed by atoms with van der Waals surface area (Å²) < 4.78 is 33.9. The number of fused-ring (bicyclic) bond motifs is 1. The molecule has 0 aliphatic carbocycles. The van der Waals surface area contributed by atoms with Crippen LogP contribution in [-0.4, -0.2) is 21.2 Å². The number of rotatable bonds is 4. The SMILES string of the molecule is C[C@H](NC(=O)OC(C)(C)C)c1nc2c(I)cccc2c(=O)n1-c1cccc(C(F)F)c1. The van der Waals surface area contributed by atoms with E-state index in [9.17, 15) is 18.4 Å². The van der Waals surface area contributed by atoms with Crippen molar-refractivity contribution in [1.82, 2.24) is 14.9 Å². The van der Waals surface area contributed by atoms with Crippen LogP contribution in [0.5, 0.6) is 0 Å². The molecule has 0 aliphatic heterocycles. The second kappa shape index (κ2) is 8.89. The van der Waals surface area contributed by atoms with E-state index in [1.54, 1.807) is 45.9 Å². The quantitative estimate of drug-likeness (QED) is 0.442. The first-order chi connectivity index (χ1) is 14.5. The zero-order chi connectivity index (χ0) is 22.9. The molecule has 0 aliphatic rings. The highest BCUT2D eigenvalue weighted by atomic mass is 127. The number of benzene rings is 2. The Morgan fingerprint density at radius 3 is 2.52 bits per heavy atom. The van der Waals surface area contributed by atoms with Gasteiger partial charge in [0.25, 0.3) is 12.0 Å². The van der Waals surface area contributed by atoms with Gasteiger partial charge in [-0.2, -0.15) is 0 Å². The highest BCUT2D eigenvalue weighted by Gasteiger charge is 2.23. The number of nitrogens with one attached hydrogen (secondary N) is 1. The molecule has 1 heterocycles. The van der Waals surface area contributed by atoms with Crippen molar-refractivity contribution in [3.05, 3.63) is 67.8 Å². The number of nitrogens with zero attached hydrogens (tertiary/aromatic N) is 2. The van der Waals surface area contributed by atoms with Crippen LogP contribution >= 0.6 is 22.6 Å². The van der Waals surface area contributed by atoms with Crippen LogP contribution in [0.15, 0.2) is 47.3 Å². The van der Waals surface area contributed by atoms with Crippen molar-refractivity contribution in [2.75, 3.05) is 0 Å². The molecule has 0 bridgehead atoms. The molecule has 0 saturated carbocycles. The van der Waals surface area contributed by atoms with Crippen LogP contribution in [0.4, 0.5) is 13.6 Å². The third-order valence-corrected chi connectivity index (χ3v) is 5.25. The molecule has 0 fully saturated rings. The first kappa shape index (κ1) is 23.1. The van der Waals surface area contributed by atoms with Gasteiger partial charge in [0.2, 0.25) is 0 Å². The third kappa shape index (κ3) is 5.20. The smallest absolute Gasteiger partial charge is 0.408 e. The summed E-state index contributed by atoms with van der Waals surface area (Å²) in [4.78, 5) is 30.3. The number of hydrogen-bond acceptors (Lipinski definition) is 4. The zero-order valence-electron chi connectivity index (χ0n) is 17.4. The van der Waals surface area contributed by atoms with Gasteiger partial charge in [0.1, 0.15) is 11.4 Å². The first-order valence-corrected chi connectivity index (χ1v) is 10.6. The van der Waals surface area contributed by atoms with Crippen molar-refractivity contribution in [2.24, 2.45) is 0 Å². The zero-order valence-corrected chi connectivity index (χ0v) is 19.6. The lowest BCUT2D eigenvalue weighted by molar-refractivity contribution is 0.0505. The normalized spacial score (nSPS) is 12.8. The maximum Gasteiger partial charge on any atom is 0.408 e. The average molecular weight is 541 g/mol. The van der Waals surface area contributed by atoms with Crippen molar-refractivity contribution in [3.8, 4) is 5.69 Å². The van der Waals surface area contributed by atoms with Crippen LogP contribution in [-0.2, 0) is 4.74 Å². The molecule has 1 atom stereocenters. The van der Waals surface area contributed by atoms with E-state index in [0.29, 0.717) is 10.9 Å². The van der Waals surface area contributed by atoms with Gasteiger partial charge in [0.15, 0.2) is 0 Å². The fraction of sp³-hybridized carbons (Fsp3) is 0.318. The van der Waals surface area contributed by atoms with Gasteiger partial charge in [-0.15, -0.1) is 0 Å². The van der Waals surface area contributed by atoms with Gasteiger partial charge >= 0.3 is 6.09 Å². The maximum atomic E-state index is 13.4. The molecular formula is C22H22F2IN3O3. The molecule has 3 aromatic rings. The molecule has 0 spiro atoms. The van der Waals surface area contributed by atoms with Crippen molar-refractivity contribution in [2.45, 2.75) is 45.8 Å². The molecule has 164 valence electrons. The highest BCUT2D eigenvalue weighted by molar-refractivity contribution is 14.1. The summed E-state index contributed by atoms with van der Waals surface area (Å²) in [5, 5.41) is 3.03. The van der Waals surface area contributed by atoms with Gasteiger partial charge in [-0.3, -0.25) is 9.36 Å². The van der Waals surface area contributed by atoms with Crippen LogP contribution in [0.1, 0.15) is 51.6 Å². The Morgan fingerprint density at radius 2 is 1.87 bits per heavy atom. The van der Waals surface area contributed by atoms with E-state index in [1.807, 2.05) is 6.07 Å². The monoisotopic (exact) mass is 541 g/mol. The molecule has 3 rings (SSSR count). The standard InChI is InChI=1S/C22H22F2IN3O3/c1-12(26-21(30)31-22(2,3)4)19-27-17-15(9-6-10-16(17)25)20(29)28(19)14-8-5-7-13(11-14)18(23)24/h5-12,18H,1-4H3,(H,26,30)/t12-/m0/s1. The van der Waals surface area contributed by atoms with Gasteiger partial charge in [-0.25, -0.2) is 18.6 Å². The summed E-state index contributed by atoms with van der Waals surface area (Å²) in [6, 6.07) is 9.99. The molecule has 1 amide bonds. The number of carbonyl (C=O) groups excluding carboxylic acids is 1. The van der Waals surface area contributed by atoms with Gasteiger partial charge < -0.3 is 10.1 Å². The molecule has 0 saturated heterocycles. The minimum Gasteiger partial charge on any atom is -0.444 e. The van der Waals surface area contributed by atoms with Crippen molar-refractivity contribution < 1.29 is 18.3 Å². The summed E-state index contributed by atoms with van der Waals surface area (Å²) in [5.74, 6) is 0.207. The maximum absolute atomic E-state index is 13.4. The van der Waals surface area contributed by atoms with Crippen LogP contribution in [0.2, 0.25) is 0 Å². The minimum atomic E-state index is -2.69. The largest absolute Gasteiger partial charge is 0.444 e. The number of alkyl halides is 2. The second-order valence-corrected chi connectivity index (χ2v) is 9.17. The van der Waals surface area contributed by atoms with Crippen LogP contribution < -0.4 is 10.9 Å². The summed E-state index contributed by atoms with van der Waals surface area (Å²) in [5.41, 5.74) is -0.624. The second-order valence-electron chi connectivity index (χ2n) is 8.01. The Bertz CT molecular complexity index is 1190. The number of amides is 1. The summed E-state index contributed by atoms with van der Waals surface area (Å²) in [7, 11) is 0. The molecule has 2 aromatic carbocycles. The number of alkyl carbamates (subject to hydrolysis) is 1. The van der Waals surface area contributed by atoms with Crippen LogP contribution in [0.3, 0.4) is 0 Å². The van der Waals surface area contributed by atoms with E-state index >= 15 is 0 Å². The Kier molecular flexibility index (Phi) is 6.63. The summed E-state index contributed by atoms with van der Waals surface area (Å²) in [6.45, 7) is 6.86. The number of para-hydroxylation sites is 1. The Balaban J connectivity index is 2.20. The number of carbonyl (C=O) groups is 1. The lowest BCUT2D eigenvalue weighted by atomic mass is 10.1. The first-order valence-electron chi connectivity index (χ1n) is 9.57. The number of halogens is 3. The van der Waals surface area contributed by atoms with Gasteiger partial charge in [-0.1, -0.05) is 18.2 Å². The van der Waals surface area contributed by atoms with Crippen molar-refractivity contribution >= 4 is 39.6 Å². The molecule has 0 unspecified atom stereocenters. The third-order valence-electron chi connectivity index (χ3n) is 4.38. The van der Waals surface area contributed by atoms with Gasteiger partial charge in [0, 0.05) is 9.13 Å². The van der Waals surface area contributed by atoms with E-state index in [-0.39, 0.29) is 17.1 Å². The van der Waals surface area contributed by atoms with Crippen LogP contribution in [0, 0.1) is 3.57 Å². The van der Waals surface area contributed by atoms with E-state index < -0.39 is 29.7 Å². The fourth-order valence-electron chi connectivity index (χ4n) is 3.08. The molecule has 1 N–H and O–H groups in total. The molecule has 31 heavy (non-hydrogen) atoms. The summed E-state index contributed by atoms with van der Waals surface area (Å²) in [6.07, 6.45) is -3.37. The Hall–Kier alpha value is -2.56. The number of ether oxygens (including phenoxy) is 1. The minimum absolute atomic E-state index is 0.207. The predicted molar refractivity (Wildman–Crippen MR) is 123 cm³/mol. The highest BCUT2D eigenvalue weighted by Crippen LogP contribution is 2.25. The number of hydrogen-bond donors (Lipinski definition) is 1. The molecule has 9 heteroatoms. The van der Waals surface area contributed by atoms with Crippen molar-refractivity contribution in [1.29, 1.82) is 0 Å². The lowest BCUT2D eigenvalue weighted by Gasteiger charge is -2.23. The molecule has 0 radical (unpaired) electrons. The fourth-order valence-corrected chi connectivity index (χ4v) is 3.70. The topological polar surface area (TPSA) is 73.2 Å². The predicted octanol–water partition coefficient (Wildman–Crippen LogP) is 5.51. The summed E-state index contributed by atoms with van der Waals surface area (Å²) >= 11 is 2.08. The van der Waals surface area contributed by atoms with E-state index in [4.69, 9.17) is 4.74 Å². The lowest BCUT2D eigenvalue weighted by Crippen LogP contribution is -2.37. The van der Waals surface area contributed by atoms with E-state index in [1.165, 1.54) is 22.8 Å². The average Bonchev–Trinajstić information content (AvgIpc) is 2.67. The van der Waals surface area contributed by atoms with E-state index in [0.717, 1.165) is 3.57 Å². The molecule has 1 aromatic heterocycles. The van der Waals surface area contributed by atoms with Crippen LogP contribution in [0.25, 0.3) is 16.6 Å². The molecule has 6 nitrogen and oxygen atoms in total. The number of aromatic nitrogens is 2. The Labute approximate surface area is 191 Å². The van der Waals surface area contributed by atoms with Gasteiger partial charge in [0.05, 0.1) is 22.6 Å². The molecular weight excluding hydrogens is 519 g/mol. The van der Waals surface area contributed by atoms with Crippen molar-refractivity contribution in [3.63, 3.8) is 0 Å². The Morgan fingerprint density at radius 1 is 1.19 bits per heavy atom.